The summed E-state index contributed by atoms with van der Waals surface area (Å²) in [7, 11) is -3.72. The van der Waals surface area contributed by atoms with E-state index in [1.807, 2.05) is 18.2 Å². The Hall–Kier alpha value is -2.36. The van der Waals surface area contributed by atoms with E-state index in [0.29, 0.717) is 16.4 Å². The third-order valence-corrected chi connectivity index (χ3v) is 7.12. The molecular formula is C19H19N3O3S3. The molecule has 1 amide bonds. The predicted octanol–water partition coefficient (Wildman–Crippen LogP) is 4.70. The molecule has 6 nitrogen and oxygen atoms in total. The number of carbonyl (C=O) groups is 1. The zero-order valence-electron chi connectivity index (χ0n) is 15.1. The van der Waals surface area contributed by atoms with Gasteiger partial charge in [0, 0.05) is 22.2 Å². The maximum absolute atomic E-state index is 12.6. The van der Waals surface area contributed by atoms with Crippen molar-refractivity contribution in [3.05, 3.63) is 65.7 Å². The standard InChI is InChI=1S/C19H19N3O3S3/c1-2-12-26-17-6-4-3-5-16(17)18(23)21-14-7-9-15(10-8-14)28(24,25)22-19-20-11-13-27-19/h3-11,13H,2,12H2,1H3,(H,20,22)(H,21,23). The number of benzene rings is 2. The molecule has 0 aliphatic carbocycles. The number of hydrogen-bond donors (Lipinski definition) is 2. The Bertz CT molecular complexity index is 1030. The number of hydrogen-bond acceptors (Lipinski definition) is 6. The van der Waals surface area contributed by atoms with Gasteiger partial charge in [0.1, 0.15) is 0 Å². The summed E-state index contributed by atoms with van der Waals surface area (Å²) >= 11 is 2.84. The van der Waals surface area contributed by atoms with E-state index in [9.17, 15) is 13.2 Å². The van der Waals surface area contributed by atoms with Crippen LogP contribution in [0.3, 0.4) is 0 Å². The summed E-state index contributed by atoms with van der Waals surface area (Å²) in [5.74, 6) is 0.707. The Kier molecular flexibility index (Phi) is 6.71. The lowest BCUT2D eigenvalue weighted by atomic mass is 10.2. The van der Waals surface area contributed by atoms with E-state index in [0.717, 1.165) is 17.1 Å². The fourth-order valence-corrected chi connectivity index (χ4v) is 5.06. The monoisotopic (exact) mass is 433 g/mol. The van der Waals surface area contributed by atoms with Gasteiger partial charge in [-0.2, -0.15) is 0 Å². The second-order valence-corrected chi connectivity index (χ2v) is 9.48. The van der Waals surface area contributed by atoms with Crippen molar-refractivity contribution in [2.45, 2.75) is 23.1 Å². The van der Waals surface area contributed by atoms with Crippen molar-refractivity contribution >= 4 is 49.8 Å². The SMILES string of the molecule is CCCSc1ccccc1C(=O)Nc1ccc(S(=O)(=O)Nc2nccs2)cc1. The highest BCUT2D eigenvalue weighted by atomic mass is 32.2. The molecule has 0 atom stereocenters. The molecule has 28 heavy (non-hydrogen) atoms. The molecular weight excluding hydrogens is 414 g/mol. The van der Waals surface area contributed by atoms with Gasteiger partial charge in [0.2, 0.25) is 0 Å². The molecule has 2 aromatic carbocycles. The lowest BCUT2D eigenvalue weighted by Gasteiger charge is -2.10. The van der Waals surface area contributed by atoms with E-state index >= 15 is 0 Å². The third kappa shape index (κ3) is 5.12. The Labute approximate surface area is 172 Å². The average molecular weight is 434 g/mol. The molecule has 0 bridgehead atoms. The van der Waals surface area contributed by atoms with Gasteiger partial charge in [0.05, 0.1) is 10.5 Å². The minimum Gasteiger partial charge on any atom is -0.322 e. The van der Waals surface area contributed by atoms with Crippen LogP contribution in [0.5, 0.6) is 0 Å². The molecule has 2 N–H and O–H groups in total. The quantitative estimate of drug-likeness (QED) is 0.503. The van der Waals surface area contributed by atoms with Crippen LogP contribution in [0.25, 0.3) is 0 Å². The zero-order valence-corrected chi connectivity index (χ0v) is 17.5. The fraction of sp³-hybridized carbons (Fsp3) is 0.158. The summed E-state index contributed by atoms with van der Waals surface area (Å²) in [5, 5.41) is 4.81. The summed E-state index contributed by atoms with van der Waals surface area (Å²) < 4.78 is 27.1. The summed E-state index contributed by atoms with van der Waals surface area (Å²) in [5.41, 5.74) is 1.12. The number of thiazole rings is 1. The van der Waals surface area contributed by atoms with Gasteiger partial charge >= 0.3 is 0 Å². The molecule has 1 heterocycles. The Balaban J connectivity index is 1.72. The third-order valence-electron chi connectivity index (χ3n) is 3.67. The second-order valence-electron chi connectivity index (χ2n) is 5.77. The van der Waals surface area contributed by atoms with Crippen molar-refractivity contribution in [1.82, 2.24) is 4.98 Å². The number of anilines is 2. The summed E-state index contributed by atoms with van der Waals surface area (Å²) in [6, 6.07) is 13.5. The molecule has 3 aromatic rings. The number of aromatic nitrogens is 1. The van der Waals surface area contributed by atoms with Gasteiger partial charge in [-0.15, -0.1) is 23.1 Å². The van der Waals surface area contributed by atoms with Crippen LogP contribution in [0, 0.1) is 0 Å². The normalized spacial score (nSPS) is 11.2. The Morgan fingerprint density at radius 1 is 1.14 bits per heavy atom. The van der Waals surface area contributed by atoms with Gasteiger partial charge in [-0.25, -0.2) is 13.4 Å². The van der Waals surface area contributed by atoms with Crippen molar-refractivity contribution in [2.24, 2.45) is 0 Å². The number of thioether (sulfide) groups is 1. The van der Waals surface area contributed by atoms with Crippen molar-refractivity contribution < 1.29 is 13.2 Å². The minimum atomic E-state index is -3.72. The van der Waals surface area contributed by atoms with E-state index < -0.39 is 10.0 Å². The lowest BCUT2D eigenvalue weighted by molar-refractivity contribution is 0.102. The highest BCUT2D eigenvalue weighted by molar-refractivity contribution is 7.99. The highest BCUT2D eigenvalue weighted by Gasteiger charge is 2.16. The number of nitrogens with zero attached hydrogens (tertiary/aromatic N) is 1. The van der Waals surface area contributed by atoms with Crippen LogP contribution in [-0.4, -0.2) is 25.1 Å². The number of sulfonamides is 1. The molecule has 0 aliphatic rings. The number of amides is 1. The molecule has 146 valence electrons. The van der Waals surface area contributed by atoms with E-state index in [1.165, 1.54) is 29.7 Å². The molecule has 0 radical (unpaired) electrons. The zero-order chi connectivity index (χ0) is 20.0. The first kappa shape index (κ1) is 20.4. The first-order valence-electron chi connectivity index (χ1n) is 8.55. The van der Waals surface area contributed by atoms with Crippen LogP contribution in [0.4, 0.5) is 10.8 Å². The number of carbonyl (C=O) groups excluding carboxylic acids is 1. The fourth-order valence-electron chi connectivity index (χ4n) is 2.36. The number of nitrogens with one attached hydrogen (secondary N) is 2. The van der Waals surface area contributed by atoms with Crippen molar-refractivity contribution in [2.75, 3.05) is 15.8 Å². The highest BCUT2D eigenvalue weighted by Crippen LogP contribution is 2.25. The molecule has 3 rings (SSSR count). The van der Waals surface area contributed by atoms with Crippen molar-refractivity contribution in [1.29, 1.82) is 0 Å². The van der Waals surface area contributed by atoms with Gasteiger partial charge < -0.3 is 5.32 Å². The van der Waals surface area contributed by atoms with Gasteiger partial charge in [-0.05, 0) is 48.6 Å². The van der Waals surface area contributed by atoms with Gasteiger partial charge in [-0.1, -0.05) is 19.1 Å². The molecule has 0 saturated heterocycles. The Morgan fingerprint density at radius 2 is 1.89 bits per heavy atom. The van der Waals surface area contributed by atoms with Crippen LogP contribution in [-0.2, 0) is 10.0 Å². The first-order valence-corrected chi connectivity index (χ1v) is 11.9. The maximum atomic E-state index is 12.6. The molecule has 0 saturated carbocycles. The minimum absolute atomic E-state index is 0.0969. The topological polar surface area (TPSA) is 88.2 Å². The van der Waals surface area contributed by atoms with Crippen LogP contribution in [0.1, 0.15) is 23.7 Å². The lowest BCUT2D eigenvalue weighted by Crippen LogP contribution is -2.14. The van der Waals surface area contributed by atoms with Gasteiger partial charge in [-0.3, -0.25) is 9.52 Å². The van der Waals surface area contributed by atoms with Gasteiger partial charge in [0.25, 0.3) is 15.9 Å². The second kappa shape index (κ2) is 9.22. The van der Waals surface area contributed by atoms with Crippen LogP contribution in [0.15, 0.2) is 69.9 Å². The molecule has 9 heteroatoms. The summed E-state index contributed by atoms with van der Waals surface area (Å²) in [6.07, 6.45) is 2.55. The van der Waals surface area contributed by atoms with Crippen molar-refractivity contribution in [3.63, 3.8) is 0 Å². The van der Waals surface area contributed by atoms with E-state index in [1.54, 1.807) is 35.3 Å². The van der Waals surface area contributed by atoms with E-state index in [4.69, 9.17) is 0 Å². The average Bonchev–Trinajstić information content (AvgIpc) is 3.19. The van der Waals surface area contributed by atoms with Crippen molar-refractivity contribution in [3.8, 4) is 0 Å². The van der Waals surface area contributed by atoms with E-state index in [2.05, 4.69) is 21.9 Å². The number of rotatable bonds is 8. The Morgan fingerprint density at radius 3 is 2.57 bits per heavy atom. The molecule has 0 fully saturated rings. The molecule has 0 aliphatic heterocycles. The summed E-state index contributed by atoms with van der Waals surface area (Å²) in [4.78, 5) is 17.6. The van der Waals surface area contributed by atoms with Crippen LogP contribution < -0.4 is 10.0 Å². The molecule has 0 unspecified atom stereocenters. The van der Waals surface area contributed by atoms with Crippen LogP contribution in [0.2, 0.25) is 0 Å². The first-order chi connectivity index (χ1) is 13.5. The van der Waals surface area contributed by atoms with Crippen LogP contribution >= 0.6 is 23.1 Å². The summed E-state index contributed by atoms with van der Waals surface area (Å²) in [6.45, 7) is 2.09. The molecule has 1 aromatic heterocycles. The largest absolute Gasteiger partial charge is 0.322 e. The predicted molar refractivity (Wildman–Crippen MR) is 115 cm³/mol. The maximum Gasteiger partial charge on any atom is 0.263 e. The molecule has 0 spiro atoms. The smallest absolute Gasteiger partial charge is 0.263 e. The van der Waals surface area contributed by atoms with E-state index in [-0.39, 0.29) is 10.8 Å². The van der Waals surface area contributed by atoms with Gasteiger partial charge in [0.15, 0.2) is 5.13 Å².